The van der Waals surface area contributed by atoms with Crippen LogP contribution in [0.5, 0.6) is 0 Å². The van der Waals surface area contributed by atoms with E-state index in [9.17, 15) is 13.2 Å². The number of carbonyl (C=O) groups is 1. The molecule has 1 aromatic rings. The van der Waals surface area contributed by atoms with Crippen molar-refractivity contribution in [1.82, 2.24) is 4.90 Å². The molecule has 2 aliphatic rings. The highest BCUT2D eigenvalue weighted by molar-refractivity contribution is 7.93. The fourth-order valence-electron chi connectivity index (χ4n) is 3.44. The monoisotopic (exact) mass is 352 g/mol. The van der Waals surface area contributed by atoms with Gasteiger partial charge in [-0.2, -0.15) is 0 Å². The van der Waals surface area contributed by atoms with Crippen LogP contribution in [0.2, 0.25) is 0 Å². The number of para-hydroxylation sites is 1. The number of anilines is 1. The Labute approximate surface area is 143 Å². The van der Waals surface area contributed by atoms with Gasteiger partial charge in [-0.15, -0.1) is 0 Å². The molecule has 0 bridgehead atoms. The Bertz CT molecular complexity index is 704. The molecule has 1 amide bonds. The van der Waals surface area contributed by atoms with E-state index in [-0.39, 0.29) is 19.1 Å². The van der Waals surface area contributed by atoms with Gasteiger partial charge in [-0.25, -0.2) is 8.42 Å². The molecule has 0 N–H and O–H groups in total. The second-order valence-corrected chi connectivity index (χ2v) is 8.37. The van der Waals surface area contributed by atoms with Crippen molar-refractivity contribution in [1.29, 1.82) is 0 Å². The summed E-state index contributed by atoms with van der Waals surface area (Å²) in [4.78, 5) is 13.8. The van der Waals surface area contributed by atoms with E-state index in [2.05, 4.69) is 0 Å². The highest BCUT2D eigenvalue weighted by Crippen LogP contribution is 2.33. The van der Waals surface area contributed by atoms with Gasteiger partial charge in [0, 0.05) is 26.2 Å². The molecule has 0 spiro atoms. The molecule has 1 unspecified atom stereocenters. The van der Waals surface area contributed by atoms with Crippen LogP contribution in [0.4, 0.5) is 5.69 Å². The van der Waals surface area contributed by atoms with Crippen molar-refractivity contribution in [2.75, 3.05) is 37.2 Å². The zero-order chi connectivity index (χ0) is 17.2. The smallest absolute Gasteiger partial charge is 0.248 e. The normalized spacial score (nSPS) is 21.0. The molecule has 1 saturated heterocycles. The van der Waals surface area contributed by atoms with Crippen LogP contribution in [-0.2, 0) is 26.0 Å². The summed E-state index contributed by atoms with van der Waals surface area (Å²) in [6, 6.07) is 7.64. The van der Waals surface area contributed by atoms with Crippen LogP contribution in [-0.4, -0.2) is 57.3 Å². The largest absolute Gasteiger partial charge is 0.372 e. The number of amides is 1. The Morgan fingerprint density at radius 2 is 2.08 bits per heavy atom. The summed E-state index contributed by atoms with van der Waals surface area (Å²) in [6.07, 6.45) is 2.05. The number of nitrogens with zero attached hydrogens (tertiary/aromatic N) is 2. The fraction of sp³-hybridized carbons (Fsp3) is 0.588. The van der Waals surface area contributed by atoms with Gasteiger partial charge >= 0.3 is 0 Å². The van der Waals surface area contributed by atoms with Gasteiger partial charge in [0.1, 0.15) is 6.61 Å². The number of carbonyl (C=O) groups excluding carboxylic acids is 1. The number of likely N-dealkylation sites (tertiary alicyclic amines) is 1. The van der Waals surface area contributed by atoms with E-state index in [1.807, 2.05) is 31.2 Å². The van der Waals surface area contributed by atoms with Crippen molar-refractivity contribution in [3.05, 3.63) is 29.8 Å². The first kappa shape index (κ1) is 17.2. The Hall–Kier alpha value is -1.60. The number of hydrogen-bond acceptors (Lipinski definition) is 4. The molecule has 1 fully saturated rings. The first-order valence-corrected chi connectivity index (χ1v) is 9.99. The molecule has 2 heterocycles. The van der Waals surface area contributed by atoms with Crippen molar-refractivity contribution < 1.29 is 17.9 Å². The minimum atomic E-state index is -3.46. The van der Waals surface area contributed by atoms with Gasteiger partial charge in [0.2, 0.25) is 15.9 Å². The van der Waals surface area contributed by atoms with Crippen LogP contribution >= 0.6 is 0 Å². The highest BCUT2D eigenvalue weighted by Gasteiger charge is 2.39. The molecule has 132 valence electrons. The van der Waals surface area contributed by atoms with E-state index >= 15 is 0 Å². The third-order valence-electron chi connectivity index (χ3n) is 4.73. The Balaban J connectivity index is 1.74. The molecule has 6 nitrogen and oxygen atoms in total. The molecule has 0 saturated carbocycles. The van der Waals surface area contributed by atoms with Crippen molar-refractivity contribution in [3.63, 3.8) is 0 Å². The lowest BCUT2D eigenvalue weighted by molar-refractivity contribution is -0.136. The second-order valence-electron chi connectivity index (χ2n) is 6.24. The van der Waals surface area contributed by atoms with Gasteiger partial charge < -0.3 is 9.64 Å². The van der Waals surface area contributed by atoms with Gasteiger partial charge in [0.25, 0.3) is 0 Å². The number of sulfonamides is 1. The summed E-state index contributed by atoms with van der Waals surface area (Å²) in [6.45, 7) is 3.69. The highest BCUT2D eigenvalue weighted by atomic mass is 32.2. The van der Waals surface area contributed by atoms with Gasteiger partial charge in [0.15, 0.2) is 0 Å². The molecule has 0 aromatic heterocycles. The number of hydrogen-bond donors (Lipinski definition) is 0. The molecule has 0 aliphatic carbocycles. The summed E-state index contributed by atoms with van der Waals surface area (Å²) in [5.74, 6) is -0.126. The van der Waals surface area contributed by atoms with Crippen molar-refractivity contribution in [2.24, 2.45) is 0 Å². The molecular formula is C17H24N2O4S. The zero-order valence-electron chi connectivity index (χ0n) is 14.0. The van der Waals surface area contributed by atoms with Crippen LogP contribution in [0.3, 0.4) is 0 Å². The van der Waals surface area contributed by atoms with E-state index in [4.69, 9.17) is 4.74 Å². The summed E-state index contributed by atoms with van der Waals surface area (Å²) in [7, 11) is -3.46. The Morgan fingerprint density at radius 1 is 1.29 bits per heavy atom. The van der Waals surface area contributed by atoms with Crippen LogP contribution in [0.25, 0.3) is 0 Å². The number of piperidine rings is 1. The summed E-state index contributed by atoms with van der Waals surface area (Å²) in [5.41, 5.74) is 1.86. The van der Waals surface area contributed by atoms with Crippen molar-refractivity contribution in [3.8, 4) is 0 Å². The standard InChI is InChI=1S/C17H24N2O4S/c1-2-23-13-17(20)18-10-5-7-15(12-18)24(21,22)19-11-9-14-6-3-4-8-16(14)19/h3-4,6,8,15H,2,5,7,9-13H2,1H3. The lowest BCUT2D eigenvalue weighted by Gasteiger charge is -2.35. The van der Waals surface area contributed by atoms with Crippen molar-refractivity contribution >= 4 is 21.6 Å². The maximum absolute atomic E-state index is 13.1. The lowest BCUT2D eigenvalue weighted by Crippen LogP contribution is -2.50. The number of rotatable bonds is 5. The van der Waals surface area contributed by atoms with E-state index in [1.54, 1.807) is 4.90 Å². The lowest BCUT2D eigenvalue weighted by atomic mass is 10.1. The molecule has 2 aliphatic heterocycles. The topological polar surface area (TPSA) is 66.9 Å². The van der Waals surface area contributed by atoms with Crippen LogP contribution < -0.4 is 4.31 Å². The summed E-state index contributed by atoms with van der Waals surface area (Å²) >= 11 is 0. The summed E-state index contributed by atoms with van der Waals surface area (Å²) < 4.78 is 32.9. The third-order valence-corrected chi connectivity index (χ3v) is 6.95. The quantitative estimate of drug-likeness (QED) is 0.803. The van der Waals surface area contributed by atoms with E-state index in [1.165, 1.54) is 4.31 Å². The average molecular weight is 352 g/mol. The van der Waals surface area contributed by atoms with Crippen LogP contribution in [0.15, 0.2) is 24.3 Å². The maximum atomic E-state index is 13.1. The van der Waals surface area contributed by atoms with Crippen LogP contribution in [0, 0.1) is 0 Å². The Kier molecular flexibility index (Phi) is 5.10. The second kappa shape index (κ2) is 7.11. The minimum absolute atomic E-state index is 0.0236. The number of ether oxygens (including phenoxy) is 1. The molecule has 7 heteroatoms. The molecule has 24 heavy (non-hydrogen) atoms. The summed E-state index contributed by atoms with van der Waals surface area (Å²) in [5, 5.41) is -0.539. The predicted octanol–water partition coefficient (Wildman–Crippen LogP) is 1.41. The number of benzene rings is 1. The molecule has 1 atom stereocenters. The molecular weight excluding hydrogens is 328 g/mol. The first-order valence-electron chi connectivity index (χ1n) is 8.49. The molecule has 3 rings (SSSR count). The van der Waals surface area contributed by atoms with E-state index in [0.717, 1.165) is 17.7 Å². The first-order chi connectivity index (χ1) is 11.5. The fourth-order valence-corrected chi connectivity index (χ4v) is 5.43. The molecule has 1 aromatic carbocycles. The van der Waals surface area contributed by atoms with Crippen LogP contribution in [0.1, 0.15) is 25.3 Å². The predicted molar refractivity (Wildman–Crippen MR) is 92.5 cm³/mol. The van der Waals surface area contributed by atoms with E-state index in [0.29, 0.717) is 32.5 Å². The van der Waals surface area contributed by atoms with Gasteiger partial charge in [-0.1, -0.05) is 18.2 Å². The number of fused-ring (bicyclic) bond motifs is 1. The maximum Gasteiger partial charge on any atom is 0.248 e. The Morgan fingerprint density at radius 3 is 2.88 bits per heavy atom. The van der Waals surface area contributed by atoms with Gasteiger partial charge in [0.05, 0.1) is 10.9 Å². The minimum Gasteiger partial charge on any atom is -0.372 e. The van der Waals surface area contributed by atoms with E-state index < -0.39 is 15.3 Å². The third kappa shape index (κ3) is 3.28. The average Bonchev–Trinajstić information content (AvgIpc) is 3.04. The van der Waals surface area contributed by atoms with Gasteiger partial charge in [-0.05, 0) is 37.8 Å². The SMILES string of the molecule is CCOCC(=O)N1CCCC(S(=O)(=O)N2CCc3ccccc32)C1. The molecule has 0 radical (unpaired) electrons. The van der Waals surface area contributed by atoms with Gasteiger partial charge in [-0.3, -0.25) is 9.10 Å². The van der Waals surface area contributed by atoms with Crippen molar-refractivity contribution in [2.45, 2.75) is 31.4 Å². The zero-order valence-corrected chi connectivity index (χ0v) is 14.8.